The Bertz CT molecular complexity index is 920. The maximum Gasteiger partial charge on any atom is 0.227 e. The molecule has 1 N–H and O–H groups in total. The van der Waals surface area contributed by atoms with Crippen LogP contribution >= 0.6 is 0 Å². The van der Waals surface area contributed by atoms with E-state index in [9.17, 15) is 0 Å². The number of nitrogens with one attached hydrogen (secondary N) is 1. The topological polar surface area (TPSA) is 38.1 Å². The number of benzene rings is 3. The lowest BCUT2D eigenvalue weighted by molar-refractivity contribution is 0.620. The Morgan fingerprint density at radius 1 is 0.875 bits per heavy atom. The van der Waals surface area contributed by atoms with Crippen molar-refractivity contribution in [3.8, 4) is 11.5 Å². The molecule has 3 aromatic carbocycles. The van der Waals surface area contributed by atoms with E-state index in [0.717, 1.165) is 28.9 Å². The number of aryl methyl sites for hydroxylation is 1. The summed E-state index contributed by atoms with van der Waals surface area (Å²) in [4.78, 5) is 4.53. The lowest BCUT2D eigenvalue weighted by Gasteiger charge is -2.07. The molecule has 24 heavy (non-hydrogen) atoms. The summed E-state index contributed by atoms with van der Waals surface area (Å²) < 4.78 is 5.80. The van der Waals surface area contributed by atoms with Crippen LogP contribution in [0, 0.1) is 6.92 Å². The first-order valence-electron chi connectivity index (χ1n) is 8.03. The van der Waals surface area contributed by atoms with Gasteiger partial charge in [-0.05, 0) is 48.9 Å². The van der Waals surface area contributed by atoms with Crippen molar-refractivity contribution < 1.29 is 4.42 Å². The predicted molar refractivity (Wildman–Crippen MR) is 98.0 cm³/mol. The molecule has 0 aliphatic heterocycles. The van der Waals surface area contributed by atoms with Crippen LogP contribution in [0.15, 0.2) is 77.2 Å². The molecule has 0 atom stereocenters. The lowest BCUT2D eigenvalue weighted by Crippen LogP contribution is -1.99. The van der Waals surface area contributed by atoms with E-state index in [4.69, 9.17) is 4.42 Å². The van der Waals surface area contributed by atoms with Gasteiger partial charge in [0, 0.05) is 17.8 Å². The van der Waals surface area contributed by atoms with Gasteiger partial charge >= 0.3 is 0 Å². The van der Waals surface area contributed by atoms with E-state index in [1.165, 1.54) is 11.1 Å². The number of hydrogen-bond acceptors (Lipinski definition) is 3. The highest BCUT2D eigenvalue weighted by atomic mass is 16.3. The first kappa shape index (κ1) is 14.5. The van der Waals surface area contributed by atoms with Crippen LogP contribution in [0.2, 0.25) is 0 Å². The van der Waals surface area contributed by atoms with Gasteiger partial charge in [0.25, 0.3) is 0 Å². The van der Waals surface area contributed by atoms with E-state index in [0.29, 0.717) is 5.89 Å². The van der Waals surface area contributed by atoms with Crippen LogP contribution in [0.4, 0.5) is 5.69 Å². The molecule has 0 spiro atoms. The molecule has 0 saturated heterocycles. The summed E-state index contributed by atoms with van der Waals surface area (Å²) in [7, 11) is 0. The van der Waals surface area contributed by atoms with Crippen LogP contribution in [-0.2, 0) is 6.54 Å². The molecule has 0 saturated carbocycles. The summed E-state index contributed by atoms with van der Waals surface area (Å²) in [6, 6.07) is 24.5. The third-order valence-electron chi connectivity index (χ3n) is 4.04. The average Bonchev–Trinajstić information content (AvgIpc) is 3.06. The zero-order chi connectivity index (χ0) is 16.4. The minimum atomic E-state index is 0.654. The SMILES string of the molecule is Cc1ccc(CNc2ccc(-c3nc4ccccc4o3)cc2)cc1. The van der Waals surface area contributed by atoms with Gasteiger partial charge in [-0.1, -0.05) is 42.0 Å². The third-order valence-corrected chi connectivity index (χ3v) is 4.04. The fraction of sp³-hybridized carbons (Fsp3) is 0.0952. The summed E-state index contributed by atoms with van der Waals surface area (Å²) in [6.07, 6.45) is 0. The van der Waals surface area contributed by atoms with Gasteiger partial charge in [-0.3, -0.25) is 0 Å². The molecule has 4 rings (SSSR count). The van der Waals surface area contributed by atoms with Gasteiger partial charge in [-0.15, -0.1) is 0 Å². The predicted octanol–water partition coefficient (Wildman–Crippen LogP) is 5.42. The normalized spacial score (nSPS) is 10.9. The van der Waals surface area contributed by atoms with Gasteiger partial charge in [-0.25, -0.2) is 4.98 Å². The van der Waals surface area contributed by atoms with Crippen LogP contribution in [0.1, 0.15) is 11.1 Å². The van der Waals surface area contributed by atoms with Gasteiger partial charge in [0.15, 0.2) is 5.58 Å². The van der Waals surface area contributed by atoms with Crippen molar-refractivity contribution in [2.45, 2.75) is 13.5 Å². The van der Waals surface area contributed by atoms with Gasteiger partial charge in [0.2, 0.25) is 5.89 Å². The van der Waals surface area contributed by atoms with E-state index in [2.05, 4.69) is 53.6 Å². The van der Waals surface area contributed by atoms with Crippen LogP contribution < -0.4 is 5.32 Å². The molecule has 0 aliphatic carbocycles. The summed E-state index contributed by atoms with van der Waals surface area (Å²) in [5.74, 6) is 0.654. The molecule has 0 bridgehead atoms. The number of nitrogens with zero attached hydrogens (tertiary/aromatic N) is 1. The maximum absolute atomic E-state index is 5.80. The number of hydrogen-bond donors (Lipinski definition) is 1. The van der Waals surface area contributed by atoms with Crippen molar-refractivity contribution in [2.24, 2.45) is 0 Å². The molecule has 118 valence electrons. The molecule has 1 aromatic heterocycles. The maximum atomic E-state index is 5.80. The molecule has 0 unspecified atom stereocenters. The quantitative estimate of drug-likeness (QED) is 0.547. The van der Waals surface area contributed by atoms with Crippen LogP contribution in [0.5, 0.6) is 0 Å². The zero-order valence-electron chi connectivity index (χ0n) is 13.5. The Kier molecular flexibility index (Phi) is 3.75. The Morgan fingerprint density at radius 2 is 1.62 bits per heavy atom. The average molecular weight is 314 g/mol. The van der Waals surface area contributed by atoms with E-state index in [-0.39, 0.29) is 0 Å². The standard InChI is InChI=1S/C21H18N2O/c1-15-6-8-16(9-7-15)14-22-18-12-10-17(11-13-18)21-23-19-4-2-3-5-20(19)24-21/h2-13,22H,14H2,1H3. The first-order valence-corrected chi connectivity index (χ1v) is 8.03. The van der Waals surface area contributed by atoms with Crippen molar-refractivity contribution in [2.75, 3.05) is 5.32 Å². The van der Waals surface area contributed by atoms with Crippen molar-refractivity contribution >= 4 is 16.8 Å². The van der Waals surface area contributed by atoms with Gasteiger partial charge < -0.3 is 9.73 Å². The number of aromatic nitrogens is 1. The highest BCUT2D eigenvalue weighted by Crippen LogP contribution is 2.25. The van der Waals surface area contributed by atoms with Gasteiger partial charge in [-0.2, -0.15) is 0 Å². The monoisotopic (exact) mass is 314 g/mol. The number of rotatable bonds is 4. The van der Waals surface area contributed by atoms with E-state index >= 15 is 0 Å². The van der Waals surface area contributed by atoms with Gasteiger partial charge in [0.05, 0.1) is 0 Å². The van der Waals surface area contributed by atoms with Crippen molar-refractivity contribution in [3.05, 3.63) is 83.9 Å². The number of anilines is 1. The Morgan fingerprint density at radius 3 is 2.38 bits per heavy atom. The third kappa shape index (κ3) is 3.01. The highest BCUT2D eigenvalue weighted by molar-refractivity contribution is 5.76. The molecule has 0 fully saturated rings. The molecular formula is C21H18N2O. The molecule has 0 amide bonds. The van der Waals surface area contributed by atoms with E-state index in [1.54, 1.807) is 0 Å². The smallest absolute Gasteiger partial charge is 0.227 e. The van der Waals surface area contributed by atoms with Crippen molar-refractivity contribution in [1.29, 1.82) is 0 Å². The second-order valence-electron chi connectivity index (χ2n) is 5.90. The molecule has 3 nitrogen and oxygen atoms in total. The number of oxazole rings is 1. The first-order chi connectivity index (χ1) is 11.8. The van der Waals surface area contributed by atoms with E-state index < -0.39 is 0 Å². The molecule has 0 aliphatic rings. The Labute approximate surface area is 141 Å². The fourth-order valence-corrected chi connectivity index (χ4v) is 2.64. The van der Waals surface area contributed by atoms with E-state index in [1.807, 2.05) is 36.4 Å². The summed E-state index contributed by atoms with van der Waals surface area (Å²) in [5.41, 5.74) is 6.30. The lowest BCUT2D eigenvalue weighted by atomic mass is 10.1. The van der Waals surface area contributed by atoms with Gasteiger partial charge in [0.1, 0.15) is 5.52 Å². The molecule has 1 heterocycles. The second kappa shape index (κ2) is 6.20. The summed E-state index contributed by atoms with van der Waals surface area (Å²) in [5, 5.41) is 3.43. The minimum absolute atomic E-state index is 0.654. The minimum Gasteiger partial charge on any atom is -0.436 e. The Balaban J connectivity index is 1.48. The molecule has 0 radical (unpaired) electrons. The largest absolute Gasteiger partial charge is 0.436 e. The van der Waals surface area contributed by atoms with Crippen LogP contribution in [0.25, 0.3) is 22.6 Å². The van der Waals surface area contributed by atoms with Crippen molar-refractivity contribution in [3.63, 3.8) is 0 Å². The van der Waals surface area contributed by atoms with Crippen LogP contribution in [-0.4, -0.2) is 4.98 Å². The Hall–Kier alpha value is -3.07. The zero-order valence-corrected chi connectivity index (χ0v) is 13.5. The summed E-state index contributed by atoms with van der Waals surface area (Å²) in [6.45, 7) is 2.91. The highest BCUT2D eigenvalue weighted by Gasteiger charge is 2.07. The van der Waals surface area contributed by atoms with Crippen LogP contribution in [0.3, 0.4) is 0 Å². The van der Waals surface area contributed by atoms with Crippen molar-refractivity contribution in [1.82, 2.24) is 4.98 Å². The molecule has 4 aromatic rings. The fourth-order valence-electron chi connectivity index (χ4n) is 2.64. The second-order valence-corrected chi connectivity index (χ2v) is 5.90. The summed E-state index contributed by atoms with van der Waals surface area (Å²) >= 11 is 0. The number of para-hydroxylation sites is 2. The molecular weight excluding hydrogens is 296 g/mol. The molecule has 3 heteroatoms. The number of fused-ring (bicyclic) bond motifs is 1.